The smallest absolute Gasteiger partial charge is 0.164 e. The molecule has 280 valence electrons. The Morgan fingerprint density at radius 3 is 1.55 bits per heavy atom. The lowest BCUT2D eigenvalue weighted by molar-refractivity contribution is 0.668. The summed E-state index contributed by atoms with van der Waals surface area (Å²) in [5.41, 5.74) is 12.8. The first-order valence-electron chi connectivity index (χ1n) is 20.0. The van der Waals surface area contributed by atoms with Crippen LogP contribution in [0.25, 0.3) is 122 Å². The Morgan fingerprint density at radius 2 is 0.800 bits per heavy atom. The highest BCUT2D eigenvalue weighted by Crippen LogP contribution is 2.42. The van der Waals surface area contributed by atoms with Gasteiger partial charge in [-0.1, -0.05) is 176 Å². The number of benzene rings is 8. The van der Waals surface area contributed by atoms with Gasteiger partial charge in [0.25, 0.3) is 0 Å². The van der Waals surface area contributed by atoms with E-state index in [-0.39, 0.29) is 0 Å². The van der Waals surface area contributed by atoms with Gasteiger partial charge in [0, 0.05) is 60.3 Å². The summed E-state index contributed by atoms with van der Waals surface area (Å²) >= 11 is 0. The van der Waals surface area contributed by atoms with Crippen LogP contribution in [0.3, 0.4) is 0 Å². The molecule has 0 N–H and O–H groups in total. The summed E-state index contributed by atoms with van der Waals surface area (Å²) in [6.07, 6.45) is 0. The van der Waals surface area contributed by atoms with Crippen molar-refractivity contribution in [2.45, 2.75) is 0 Å². The Kier molecular flexibility index (Phi) is 7.74. The third-order valence-electron chi connectivity index (χ3n) is 11.3. The molecule has 12 rings (SSSR count). The predicted octanol–water partition coefficient (Wildman–Crippen LogP) is 14.2. The van der Waals surface area contributed by atoms with Gasteiger partial charge in [-0.25, -0.2) is 19.9 Å². The van der Waals surface area contributed by atoms with Gasteiger partial charge < -0.3 is 8.83 Å². The van der Waals surface area contributed by atoms with Gasteiger partial charge in [0.05, 0.1) is 5.52 Å². The van der Waals surface area contributed by atoms with Crippen molar-refractivity contribution >= 4 is 54.8 Å². The Morgan fingerprint density at radius 1 is 0.300 bits per heavy atom. The van der Waals surface area contributed by atoms with Crippen LogP contribution < -0.4 is 0 Å². The molecule has 60 heavy (non-hydrogen) atoms. The van der Waals surface area contributed by atoms with Crippen molar-refractivity contribution in [1.29, 1.82) is 0 Å². The van der Waals surface area contributed by atoms with Gasteiger partial charge in [-0.15, -0.1) is 0 Å². The molecule has 0 aliphatic carbocycles. The van der Waals surface area contributed by atoms with E-state index < -0.39 is 0 Å². The van der Waals surface area contributed by atoms with Crippen molar-refractivity contribution in [2.75, 3.05) is 0 Å². The van der Waals surface area contributed by atoms with Crippen LogP contribution in [-0.4, -0.2) is 19.9 Å². The Bertz CT molecular complexity index is 3590. The van der Waals surface area contributed by atoms with Crippen LogP contribution in [0.15, 0.2) is 203 Å². The van der Waals surface area contributed by atoms with E-state index in [0.717, 1.165) is 105 Å². The molecule has 0 radical (unpaired) electrons. The lowest BCUT2D eigenvalue weighted by Gasteiger charge is -2.12. The van der Waals surface area contributed by atoms with Crippen LogP contribution in [0.5, 0.6) is 0 Å². The largest absolute Gasteiger partial charge is 0.455 e. The monoisotopic (exact) mass is 768 g/mol. The molecule has 0 aliphatic rings. The highest BCUT2D eigenvalue weighted by molar-refractivity contribution is 6.22. The number of hydrogen-bond acceptors (Lipinski definition) is 6. The van der Waals surface area contributed by atoms with Crippen molar-refractivity contribution in [3.05, 3.63) is 194 Å². The molecule has 0 aliphatic heterocycles. The maximum absolute atomic E-state index is 6.53. The fraction of sp³-hybridized carbons (Fsp3) is 0. The van der Waals surface area contributed by atoms with Crippen LogP contribution in [-0.2, 0) is 0 Å². The van der Waals surface area contributed by atoms with Crippen molar-refractivity contribution < 1.29 is 8.83 Å². The third kappa shape index (κ3) is 5.57. The maximum atomic E-state index is 6.53. The standard InChI is InChI=1S/C54H32N4O2/c1-3-14-34(15-4-1)48-51-47(43-21-8-10-27-46(43)60-51)44-25-12-22-39(49(44)55-48)37-18-11-19-38(32-37)54-57-52(35-16-5-2-6-17-35)56-53(58-54)36-30-28-33(29-31-36)40-23-13-24-42-41-20-7-9-26-45(41)59-50(40)42/h1-32H. The second kappa shape index (κ2) is 13.7. The van der Waals surface area contributed by atoms with E-state index in [1.54, 1.807) is 0 Å². The van der Waals surface area contributed by atoms with E-state index in [0.29, 0.717) is 17.5 Å². The van der Waals surface area contributed by atoms with Gasteiger partial charge in [0.1, 0.15) is 22.4 Å². The zero-order chi connectivity index (χ0) is 39.6. The molecule has 0 spiro atoms. The van der Waals surface area contributed by atoms with Crippen LogP contribution in [0, 0.1) is 0 Å². The van der Waals surface area contributed by atoms with Gasteiger partial charge in [0.15, 0.2) is 23.1 Å². The van der Waals surface area contributed by atoms with Gasteiger partial charge in [-0.3, -0.25) is 0 Å². The topological polar surface area (TPSA) is 77.8 Å². The molecular weight excluding hydrogens is 737 g/mol. The molecule has 6 nitrogen and oxygen atoms in total. The molecule has 0 unspecified atom stereocenters. The fourth-order valence-electron chi connectivity index (χ4n) is 8.48. The lowest BCUT2D eigenvalue weighted by Crippen LogP contribution is -2.00. The summed E-state index contributed by atoms with van der Waals surface area (Å²) in [4.78, 5) is 20.6. The van der Waals surface area contributed by atoms with E-state index in [1.165, 1.54) is 0 Å². The van der Waals surface area contributed by atoms with Gasteiger partial charge in [-0.2, -0.15) is 0 Å². The SMILES string of the molecule is c1ccc(-c2nc(-c3ccc(-c4cccc5c4oc4ccccc45)cc3)nc(-c3cccc(-c4cccc5c4nc(-c4ccccc4)c4oc6ccccc6c45)c3)n2)cc1. The Labute approximate surface area is 344 Å². The molecule has 4 aromatic heterocycles. The number of hydrogen-bond donors (Lipinski definition) is 0. The fourth-order valence-corrected chi connectivity index (χ4v) is 8.48. The van der Waals surface area contributed by atoms with Gasteiger partial charge >= 0.3 is 0 Å². The van der Waals surface area contributed by atoms with Crippen molar-refractivity contribution in [3.63, 3.8) is 0 Å². The molecule has 0 fully saturated rings. The Balaban J connectivity index is 0.992. The minimum Gasteiger partial charge on any atom is -0.455 e. The number of furan rings is 2. The molecule has 0 amide bonds. The van der Waals surface area contributed by atoms with Crippen molar-refractivity contribution in [3.8, 4) is 67.7 Å². The molecular formula is C54H32N4O2. The minimum absolute atomic E-state index is 0.582. The number of rotatable bonds is 6. The third-order valence-corrected chi connectivity index (χ3v) is 11.3. The van der Waals surface area contributed by atoms with Gasteiger partial charge in [-0.05, 0) is 29.3 Å². The number of fused-ring (bicyclic) bond motifs is 8. The maximum Gasteiger partial charge on any atom is 0.164 e. The molecule has 12 aromatic rings. The van der Waals surface area contributed by atoms with Crippen LogP contribution in [0.4, 0.5) is 0 Å². The first-order valence-corrected chi connectivity index (χ1v) is 20.0. The number of nitrogens with zero attached hydrogens (tertiary/aromatic N) is 4. The van der Waals surface area contributed by atoms with E-state index in [4.69, 9.17) is 28.8 Å². The van der Waals surface area contributed by atoms with Crippen LogP contribution in [0.1, 0.15) is 0 Å². The van der Waals surface area contributed by atoms with E-state index in [2.05, 4.69) is 115 Å². The zero-order valence-corrected chi connectivity index (χ0v) is 32.1. The lowest BCUT2D eigenvalue weighted by atomic mass is 9.96. The number of aromatic nitrogens is 4. The van der Waals surface area contributed by atoms with E-state index in [9.17, 15) is 0 Å². The molecule has 0 saturated carbocycles. The van der Waals surface area contributed by atoms with Crippen molar-refractivity contribution in [2.24, 2.45) is 0 Å². The normalized spacial score (nSPS) is 11.7. The predicted molar refractivity (Wildman–Crippen MR) is 242 cm³/mol. The minimum atomic E-state index is 0.582. The molecule has 8 aromatic carbocycles. The molecule has 4 heterocycles. The van der Waals surface area contributed by atoms with E-state index in [1.807, 2.05) is 78.9 Å². The first kappa shape index (κ1) is 33.9. The molecule has 0 bridgehead atoms. The van der Waals surface area contributed by atoms with Gasteiger partial charge in [0.2, 0.25) is 0 Å². The highest BCUT2D eigenvalue weighted by atomic mass is 16.3. The summed E-state index contributed by atoms with van der Waals surface area (Å²) < 4.78 is 12.9. The average Bonchev–Trinajstić information content (AvgIpc) is 3.91. The molecule has 0 atom stereocenters. The quantitative estimate of drug-likeness (QED) is 0.168. The summed E-state index contributed by atoms with van der Waals surface area (Å²) in [5, 5.41) is 5.37. The first-order chi connectivity index (χ1) is 29.7. The second-order valence-corrected chi connectivity index (χ2v) is 14.9. The van der Waals surface area contributed by atoms with Crippen LogP contribution in [0.2, 0.25) is 0 Å². The summed E-state index contributed by atoms with van der Waals surface area (Å²) in [7, 11) is 0. The number of pyridine rings is 1. The highest BCUT2D eigenvalue weighted by Gasteiger charge is 2.21. The zero-order valence-electron chi connectivity index (χ0n) is 32.1. The van der Waals surface area contributed by atoms with Crippen LogP contribution >= 0.6 is 0 Å². The molecule has 0 saturated heterocycles. The van der Waals surface area contributed by atoms with E-state index >= 15 is 0 Å². The number of para-hydroxylation sites is 4. The Hall–Kier alpha value is -8.22. The summed E-state index contributed by atoms with van der Waals surface area (Å²) in [5.74, 6) is 1.77. The summed E-state index contributed by atoms with van der Waals surface area (Å²) in [6, 6.07) is 66.2. The molecule has 6 heteroatoms. The summed E-state index contributed by atoms with van der Waals surface area (Å²) in [6.45, 7) is 0. The second-order valence-electron chi connectivity index (χ2n) is 14.9. The average molecular weight is 769 g/mol. The van der Waals surface area contributed by atoms with Crippen molar-refractivity contribution in [1.82, 2.24) is 19.9 Å².